The summed E-state index contributed by atoms with van der Waals surface area (Å²) in [5.41, 5.74) is 1.96. The molecular formula is C27H28N4O5. The molecule has 1 aromatic heterocycles. The van der Waals surface area contributed by atoms with Crippen LogP contribution in [0.3, 0.4) is 0 Å². The number of benzene rings is 1. The van der Waals surface area contributed by atoms with Crippen molar-refractivity contribution in [3.8, 4) is 23.3 Å². The van der Waals surface area contributed by atoms with Crippen LogP contribution in [0.15, 0.2) is 52.6 Å². The molecular weight excluding hydrogens is 460 g/mol. The fraction of sp³-hybridized carbons (Fsp3) is 0.370. The van der Waals surface area contributed by atoms with Gasteiger partial charge in [0.1, 0.15) is 11.8 Å². The zero-order valence-electron chi connectivity index (χ0n) is 20.6. The maximum absolute atomic E-state index is 13.2. The van der Waals surface area contributed by atoms with Gasteiger partial charge in [0.15, 0.2) is 0 Å². The molecule has 1 N–H and O–H groups in total. The summed E-state index contributed by atoms with van der Waals surface area (Å²) in [6.07, 6.45) is 4.60. The number of hydrogen-bond donors (Lipinski definition) is 1. The molecule has 1 saturated heterocycles. The van der Waals surface area contributed by atoms with Crippen LogP contribution in [0.25, 0.3) is 17.0 Å². The predicted octanol–water partition coefficient (Wildman–Crippen LogP) is 3.81. The number of allylic oxidation sites excluding steroid dienone is 4. The van der Waals surface area contributed by atoms with Gasteiger partial charge in [-0.1, -0.05) is 23.9 Å². The van der Waals surface area contributed by atoms with E-state index in [0.29, 0.717) is 46.7 Å². The zero-order valence-corrected chi connectivity index (χ0v) is 20.6. The number of imide groups is 1. The average molecular weight is 489 g/mol. The number of hydrogen-bond acceptors (Lipinski definition) is 8. The van der Waals surface area contributed by atoms with Gasteiger partial charge >= 0.3 is 0 Å². The molecule has 1 aliphatic carbocycles. The molecule has 2 heterocycles. The van der Waals surface area contributed by atoms with E-state index in [9.17, 15) is 20.0 Å². The quantitative estimate of drug-likeness (QED) is 0.583. The van der Waals surface area contributed by atoms with E-state index in [0.717, 1.165) is 10.5 Å². The molecule has 0 radical (unpaired) electrons. The van der Waals surface area contributed by atoms with Crippen molar-refractivity contribution in [2.45, 2.75) is 46.1 Å². The lowest BCUT2D eigenvalue weighted by atomic mass is 9.80. The molecule has 1 spiro atoms. The number of rotatable bonds is 7. The summed E-state index contributed by atoms with van der Waals surface area (Å²) in [7, 11) is 0. The lowest BCUT2D eigenvalue weighted by Crippen LogP contribution is -2.36. The van der Waals surface area contributed by atoms with Gasteiger partial charge in [0.05, 0.1) is 30.2 Å². The molecule has 2 aliphatic rings. The Morgan fingerprint density at radius 3 is 2.86 bits per heavy atom. The zero-order chi connectivity index (χ0) is 26.0. The number of aliphatic hydroxyl groups excluding tert-OH is 1. The minimum atomic E-state index is -1.01. The first-order valence-corrected chi connectivity index (χ1v) is 11.8. The molecule has 2 fully saturated rings. The van der Waals surface area contributed by atoms with Crippen LogP contribution in [0.4, 0.5) is 0 Å². The fourth-order valence-corrected chi connectivity index (χ4v) is 4.82. The molecule has 1 aliphatic heterocycles. The van der Waals surface area contributed by atoms with Gasteiger partial charge in [-0.05, 0) is 63.0 Å². The molecule has 9 heteroatoms. The third-order valence-electron chi connectivity index (χ3n) is 6.51. The van der Waals surface area contributed by atoms with Crippen molar-refractivity contribution < 1.29 is 24.0 Å². The lowest BCUT2D eigenvalue weighted by molar-refractivity contribution is -0.141. The summed E-state index contributed by atoms with van der Waals surface area (Å²) < 4.78 is 11.2. The van der Waals surface area contributed by atoms with Crippen LogP contribution in [0, 0.1) is 16.7 Å². The van der Waals surface area contributed by atoms with Crippen molar-refractivity contribution in [3.63, 3.8) is 0 Å². The number of β-amino-alcohol motifs (C(OH)–C–C–N with tert-alkyl or cyclic N) is 1. The average Bonchev–Trinajstić information content (AvgIpc) is 3.52. The maximum Gasteiger partial charge on any atom is 0.258 e. The topological polar surface area (TPSA) is 130 Å². The van der Waals surface area contributed by atoms with Crippen LogP contribution in [-0.2, 0) is 9.59 Å². The Bertz CT molecular complexity index is 1330. The smallest absolute Gasteiger partial charge is 0.258 e. The highest BCUT2D eigenvalue weighted by atomic mass is 16.5. The van der Waals surface area contributed by atoms with E-state index in [1.54, 1.807) is 18.2 Å². The lowest BCUT2D eigenvalue weighted by Gasteiger charge is -2.22. The monoisotopic (exact) mass is 488 g/mol. The third kappa shape index (κ3) is 4.25. The Labute approximate surface area is 209 Å². The number of nitrogens with zero attached hydrogens (tertiary/aromatic N) is 4. The third-order valence-corrected chi connectivity index (χ3v) is 6.51. The van der Waals surface area contributed by atoms with Gasteiger partial charge in [-0.2, -0.15) is 10.2 Å². The van der Waals surface area contributed by atoms with E-state index in [1.807, 2.05) is 32.9 Å². The second-order valence-electron chi connectivity index (χ2n) is 9.12. The second kappa shape index (κ2) is 9.91. The molecule has 2 amide bonds. The maximum atomic E-state index is 13.2. The fourth-order valence-electron chi connectivity index (χ4n) is 4.82. The highest BCUT2D eigenvalue weighted by molar-refractivity contribution is 6.09. The van der Waals surface area contributed by atoms with E-state index in [2.05, 4.69) is 22.8 Å². The molecule has 4 rings (SSSR count). The minimum Gasteiger partial charge on any atom is -0.490 e. The van der Waals surface area contributed by atoms with E-state index in [-0.39, 0.29) is 43.4 Å². The predicted molar refractivity (Wildman–Crippen MR) is 131 cm³/mol. The molecule has 1 saturated carbocycles. The minimum absolute atomic E-state index is 0.0205. The molecule has 9 nitrogen and oxygen atoms in total. The normalized spacial score (nSPS) is 21.3. The van der Waals surface area contributed by atoms with Gasteiger partial charge < -0.3 is 14.4 Å². The van der Waals surface area contributed by atoms with Gasteiger partial charge in [0.25, 0.3) is 5.89 Å². The number of ether oxygens (including phenoxy) is 1. The largest absolute Gasteiger partial charge is 0.490 e. The number of aromatic nitrogens is 2. The Morgan fingerprint density at radius 2 is 2.19 bits per heavy atom. The number of carbonyl (C=O) groups excluding carboxylic acids is 2. The molecule has 36 heavy (non-hydrogen) atoms. The molecule has 0 bridgehead atoms. The molecule has 2 aromatic rings. The van der Waals surface area contributed by atoms with E-state index >= 15 is 0 Å². The summed E-state index contributed by atoms with van der Waals surface area (Å²) >= 11 is 0. The Kier molecular flexibility index (Phi) is 6.91. The SMILES string of the molecule is C=C1/C(=C(\C=C/C)c2noc(-c3ccc(OC(C)C)c(C#N)c3)n2)CC[C@@]12CC(=O)N(CCO)C2=O. The Morgan fingerprint density at radius 1 is 1.42 bits per heavy atom. The number of aliphatic hydroxyl groups is 1. The Hall–Kier alpha value is -4.03. The standard InChI is InChI=1S/C27H28N4O5/c1-5-6-21(20-9-10-27(17(20)4)14-23(33)31(11-12-32)26(27)34)24-29-25(36-30-24)18-7-8-22(35-16(2)3)19(13-18)15-28/h5-8,13,16,32H,4,9-12,14H2,1-3H3/b6-5-,21-20+/t27-/m1/s1. The Balaban J connectivity index is 1.69. The van der Waals surface area contributed by atoms with Gasteiger partial charge in [0.2, 0.25) is 17.6 Å². The van der Waals surface area contributed by atoms with Crippen LogP contribution in [-0.4, -0.2) is 51.2 Å². The van der Waals surface area contributed by atoms with Crippen LogP contribution in [0.2, 0.25) is 0 Å². The molecule has 1 atom stereocenters. The number of carbonyl (C=O) groups is 2. The molecule has 1 aromatic carbocycles. The van der Waals surface area contributed by atoms with Crippen LogP contribution in [0.5, 0.6) is 5.75 Å². The van der Waals surface area contributed by atoms with Crippen molar-refractivity contribution in [2.24, 2.45) is 5.41 Å². The van der Waals surface area contributed by atoms with Crippen molar-refractivity contribution in [1.29, 1.82) is 5.26 Å². The van der Waals surface area contributed by atoms with Crippen molar-refractivity contribution in [1.82, 2.24) is 15.0 Å². The molecule has 186 valence electrons. The van der Waals surface area contributed by atoms with Crippen molar-refractivity contribution in [2.75, 3.05) is 13.2 Å². The van der Waals surface area contributed by atoms with E-state index in [1.165, 1.54) is 0 Å². The first-order valence-electron chi connectivity index (χ1n) is 11.8. The second-order valence-corrected chi connectivity index (χ2v) is 9.12. The summed E-state index contributed by atoms with van der Waals surface area (Å²) in [5.74, 6) is 0.416. The highest BCUT2D eigenvalue weighted by Crippen LogP contribution is 2.54. The van der Waals surface area contributed by atoms with Crippen molar-refractivity contribution >= 4 is 17.4 Å². The summed E-state index contributed by atoms with van der Waals surface area (Å²) in [6, 6.07) is 7.22. The van der Waals surface area contributed by atoms with Crippen LogP contribution in [0.1, 0.15) is 51.4 Å². The highest BCUT2D eigenvalue weighted by Gasteiger charge is 2.56. The van der Waals surface area contributed by atoms with Crippen LogP contribution >= 0.6 is 0 Å². The van der Waals surface area contributed by atoms with Crippen LogP contribution < -0.4 is 4.74 Å². The number of likely N-dealkylation sites (tertiary alicyclic amines) is 1. The summed E-state index contributed by atoms with van der Waals surface area (Å²) in [6.45, 7) is 9.53. The van der Waals surface area contributed by atoms with Crippen molar-refractivity contribution in [3.05, 3.63) is 59.5 Å². The van der Waals surface area contributed by atoms with Gasteiger partial charge in [-0.3, -0.25) is 14.5 Å². The first-order chi connectivity index (χ1) is 17.2. The molecule has 0 unspecified atom stereocenters. The summed E-state index contributed by atoms with van der Waals surface area (Å²) in [5, 5.41) is 23.0. The van der Waals surface area contributed by atoms with Gasteiger partial charge in [-0.15, -0.1) is 0 Å². The van der Waals surface area contributed by atoms with E-state index < -0.39 is 5.41 Å². The van der Waals surface area contributed by atoms with Gasteiger partial charge in [0, 0.05) is 17.6 Å². The summed E-state index contributed by atoms with van der Waals surface area (Å²) in [4.78, 5) is 31.3. The van der Waals surface area contributed by atoms with Gasteiger partial charge in [-0.25, -0.2) is 0 Å². The van der Waals surface area contributed by atoms with E-state index in [4.69, 9.17) is 9.26 Å². The number of amides is 2. The first kappa shape index (κ1) is 25.1. The number of nitriles is 1.